The summed E-state index contributed by atoms with van der Waals surface area (Å²) >= 11 is 1.77. The van der Waals surface area contributed by atoms with Gasteiger partial charge in [-0.3, -0.25) is 6.08 Å². The van der Waals surface area contributed by atoms with Crippen LogP contribution >= 0.6 is 0 Å². The summed E-state index contributed by atoms with van der Waals surface area (Å²) in [6, 6.07) is 19.3. The topological polar surface area (TPSA) is 0 Å². The number of halogens is 2. The Morgan fingerprint density at radius 1 is 0.706 bits per heavy atom. The number of allylic oxidation sites excluding steroid dienone is 4. The molecular weight excluding hydrogens is 534 g/mol. The normalized spacial score (nSPS) is 17.7. The Hall–Kier alpha value is -0.877. The standard InChI is InChI=1S/C13H9.C13H22.C5H5.2ClH.Zr/c1-3-7-12-10(5-1)9-11-6-2-4-8-13(11)12;1-3-7-12(8-4-1)11-13-9-5-2-6-10-13;1-2-4-5-3-1;;;/h1-9H;12-13H,1-10H2;1-3H,4H2;2*1H;/q-1;;-1;;;+2/p-2. The Bertz CT molecular complexity index is 969. The van der Waals surface area contributed by atoms with Gasteiger partial charge in [0.25, 0.3) is 0 Å². The van der Waals surface area contributed by atoms with Crippen LogP contribution in [0.3, 0.4) is 0 Å². The Labute approximate surface area is 233 Å². The van der Waals surface area contributed by atoms with Gasteiger partial charge in [-0.25, -0.2) is 12.2 Å². The van der Waals surface area contributed by atoms with E-state index in [1.165, 1.54) is 85.8 Å². The van der Waals surface area contributed by atoms with Gasteiger partial charge >= 0.3 is 103 Å². The van der Waals surface area contributed by atoms with Crippen LogP contribution in [0.4, 0.5) is 0 Å². The molecule has 0 unspecified atom stereocenters. The smallest absolute Gasteiger partial charge is 0.0771 e. The fourth-order valence-corrected chi connectivity index (χ4v) is 6.82. The maximum atomic E-state index is 2.99. The summed E-state index contributed by atoms with van der Waals surface area (Å²) in [6.45, 7) is 0. The van der Waals surface area contributed by atoms with E-state index in [2.05, 4.69) is 66.7 Å². The van der Waals surface area contributed by atoms with Gasteiger partial charge in [0.2, 0.25) is 0 Å². The molecule has 0 bridgehead atoms. The Balaban J connectivity index is 0.000000191. The molecular formula is C31H36Cl2Zr-2. The molecule has 0 amide bonds. The third-order valence-electron chi connectivity index (χ3n) is 7.20. The van der Waals surface area contributed by atoms with Crippen molar-refractivity contribution in [3.63, 3.8) is 0 Å². The summed E-state index contributed by atoms with van der Waals surface area (Å²) in [5.74, 6) is 2.09. The summed E-state index contributed by atoms with van der Waals surface area (Å²) in [5.41, 5.74) is 0. The maximum Gasteiger partial charge on any atom is -0.0771 e. The molecule has 2 saturated carbocycles. The van der Waals surface area contributed by atoms with Crippen molar-refractivity contribution in [1.29, 1.82) is 0 Å². The van der Waals surface area contributed by atoms with Gasteiger partial charge in [-0.15, -0.1) is 46.2 Å². The Kier molecular flexibility index (Phi) is 13.8. The molecule has 2 fully saturated rings. The summed E-state index contributed by atoms with van der Waals surface area (Å²) in [5, 5.41) is 5.39. The van der Waals surface area contributed by atoms with E-state index in [1.54, 1.807) is 24.2 Å². The van der Waals surface area contributed by atoms with Gasteiger partial charge in [-0.2, -0.15) is 6.08 Å². The van der Waals surface area contributed by atoms with Crippen LogP contribution in [0.5, 0.6) is 0 Å². The predicted molar refractivity (Wildman–Crippen MR) is 137 cm³/mol. The number of rotatable bonds is 2. The van der Waals surface area contributed by atoms with E-state index < -0.39 is 0 Å². The van der Waals surface area contributed by atoms with Gasteiger partial charge in [-0.05, 0) is 0 Å². The molecule has 180 valence electrons. The zero-order valence-electron chi connectivity index (χ0n) is 20.1. The fraction of sp³-hybridized carbons (Fsp3) is 0.419. The van der Waals surface area contributed by atoms with E-state index in [0.717, 1.165) is 18.3 Å². The van der Waals surface area contributed by atoms with E-state index in [4.69, 9.17) is 0 Å². The average Bonchev–Trinajstić information content (AvgIpc) is 3.57. The molecule has 3 aromatic rings. The molecule has 34 heavy (non-hydrogen) atoms. The number of benzene rings is 2. The predicted octanol–water partition coefficient (Wildman–Crippen LogP) is 2.89. The molecule has 3 aliphatic rings. The number of hydrogen-bond donors (Lipinski definition) is 0. The SMILES string of the molecule is [C-]1=CC=CC1.[Cl-].[Cl-].[Zr+2]=[C](C1CCCCC1)C1CCCCC1.c1ccc2c(c1)[cH-]c1ccccc12. The van der Waals surface area contributed by atoms with Crippen molar-refractivity contribution in [1.82, 2.24) is 0 Å². The molecule has 0 nitrogen and oxygen atoms in total. The second-order valence-electron chi connectivity index (χ2n) is 9.45. The van der Waals surface area contributed by atoms with E-state index >= 15 is 0 Å². The third kappa shape index (κ3) is 8.36. The van der Waals surface area contributed by atoms with Gasteiger partial charge < -0.3 is 24.8 Å². The van der Waals surface area contributed by atoms with Crippen molar-refractivity contribution < 1.29 is 49.0 Å². The summed E-state index contributed by atoms with van der Waals surface area (Å²) < 4.78 is 1.97. The second-order valence-corrected chi connectivity index (χ2v) is 10.9. The molecule has 0 radical (unpaired) electrons. The van der Waals surface area contributed by atoms with Crippen LogP contribution in [0, 0.1) is 17.9 Å². The van der Waals surface area contributed by atoms with Crippen molar-refractivity contribution in [3.8, 4) is 0 Å². The molecule has 0 N–H and O–H groups in total. The molecule has 0 atom stereocenters. The number of hydrogen-bond acceptors (Lipinski definition) is 0. The van der Waals surface area contributed by atoms with Crippen LogP contribution in [0.2, 0.25) is 0 Å². The minimum Gasteiger partial charge on any atom is -0.126 e. The van der Waals surface area contributed by atoms with E-state index in [9.17, 15) is 0 Å². The van der Waals surface area contributed by atoms with Gasteiger partial charge in [0.15, 0.2) is 0 Å². The van der Waals surface area contributed by atoms with E-state index in [0.29, 0.717) is 0 Å². The van der Waals surface area contributed by atoms with Crippen LogP contribution in [-0.4, -0.2) is 3.21 Å². The third-order valence-corrected chi connectivity index (χ3v) is 9.21. The van der Waals surface area contributed by atoms with Crippen LogP contribution in [0.15, 0.2) is 72.8 Å². The summed E-state index contributed by atoms with van der Waals surface area (Å²) in [4.78, 5) is 0. The van der Waals surface area contributed by atoms with Crippen molar-refractivity contribution >= 4 is 24.8 Å². The zero-order valence-corrected chi connectivity index (χ0v) is 24.1. The molecule has 0 saturated heterocycles. The minimum absolute atomic E-state index is 0. The molecule has 0 heterocycles. The molecule has 0 aromatic heterocycles. The quantitative estimate of drug-likeness (QED) is 0.416. The summed E-state index contributed by atoms with van der Waals surface area (Å²) in [6.07, 6.45) is 25.1. The van der Waals surface area contributed by atoms with E-state index in [1.807, 2.05) is 15.4 Å². The minimum atomic E-state index is 0. The monoisotopic (exact) mass is 568 g/mol. The van der Waals surface area contributed by atoms with Crippen molar-refractivity contribution in [2.75, 3.05) is 0 Å². The van der Waals surface area contributed by atoms with Gasteiger partial charge in [0.1, 0.15) is 0 Å². The first-order valence-corrected chi connectivity index (χ1v) is 13.9. The largest absolute Gasteiger partial charge is 0.126 e. The fourth-order valence-electron chi connectivity index (χ4n) is 5.40. The van der Waals surface area contributed by atoms with Crippen LogP contribution in [0.1, 0.15) is 70.6 Å². The first-order valence-electron chi connectivity index (χ1n) is 12.7. The first kappa shape index (κ1) is 29.4. The van der Waals surface area contributed by atoms with Crippen LogP contribution < -0.4 is 24.8 Å². The molecule has 3 aromatic carbocycles. The first-order chi connectivity index (χ1) is 15.8. The average molecular weight is 571 g/mol. The molecule has 3 heteroatoms. The molecule has 6 rings (SSSR count). The molecule has 0 aliphatic heterocycles. The van der Waals surface area contributed by atoms with Gasteiger partial charge in [0, 0.05) is 0 Å². The Morgan fingerprint density at radius 2 is 1.18 bits per heavy atom. The number of fused-ring (bicyclic) bond motifs is 3. The van der Waals surface area contributed by atoms with Crippen molar-refractivity contribution in [2.24, 2.45) is 11.8 Å². The zero-order chi connectivity index (χ0) is 22.0. The van der Waals surface area contributed by atoms with E-state index in [-0.39, 0.29) is 24.8 Å². The second kappa shape index (κ2) is 16.0. The van der Waals surface area contributed by atoms with Gasteiger partial charge in [-0.1, -0.05) is 36.4 Å². The van der Waals surface area contributed by atoms with Crippen LogP contribution in [-0.2, 0) is 24.2 Å². The van der Waals surface area contributed by atoms with Gasteiger partial charge in [0.05, 0.1) is 0 Å². The van der Waals surface area contributed by atoms with Crippen LogP contribution in [0.25, 0.3) is 21.5 Å². The van der Waals surface area contributed by atoms with Crippen molar-refractivity contribution in [3.05, 3.63) is 78.9 Å². The Morgan fingerprint density at radius 3 is 1.56 bits per heavy atom. The van der Waals surface area contributed by atoms with Crippen molar-refractivity contribution in [2.45, 2.75) is 70.6 Å². The molecule has 3 aliphatic carbocycles. The summed E-state index contributed by atoms with van der Waals surface area (Å²) in [7, 11) is 0. The maximum absolute atomic E-state index is 2.99. The molecule has 0 spiro atoms.